The molecule has 3 N–H and O–H groups in total. The predicted octanol–water partition coefficient (Wildman–Crippen LogP) is 1.19. The van der Waals surface area contributed by atoms with E-state index in [1.807, 2.05) is 0 Å². The summed E-state index contributed by atoms with van der Waals surface area (Å²) in [6.45, 7) is 0.990. The largest absolute Gasteiger partial charge is 0.367 e. The van der Waals surface area contributed by atoms with Gasteiger partial charge < -0.3 is 15.8 Å². The number of amides is 1. The van der Waals surface area contributed by atoms with E-state index in [0.29, 0.717) is 0 Å². The summed E-state index contributed by atoms with van der Waals surface area (Å²) in [5.41, 5.74) is 6.04. The third kappa shape index (κ3) is 4.64. The fourth-order valence-corrected chi connectivity index (χ4v) is 2.32. The van der Waals surface area contributed by atoms with E-state index in [-0.39, 0.29) is 24.7 Å². The van der Waals surface area contributed by atoms with Crippen molar-refractivity contribution in [2.24, 2.45) is 11.7 Å². The molecule has 98 valence electrons. The van der Waals surface area contributed by atoms with Crippen molar-refractivity contribution in [3.05, 3.63) is 0 Å². The Hall–Kier alpha value is -0.610. The maximum absolute atomic E-state index is 11.5. The Kier molecular flexibility index (Phi) is 4.80. The summed E-state index contributed by atoms with van der Waals surface area (Å²) in [7, 11) is 0. The minimum atomic E-state index is 0.00773. The van der Waals surface area contributed by atoms with Crippen LogP contribution in [0.2, 0.25) is 0 Å². The standard InChI is InChI=1S/C13H24N2O2/c14-11-4-2-1-3-5-12(11)17-9-13(16)15-8-10-6-7-10/h10-12H,1-9,14H2,(H,15,16). The van der Waals surface area contributed by atoms with Crippen LogP contribution in [0.1, 0.15) is 44.9 Å². The molecule has 2 atom stereocenters. The first kappa shape index (κ1) is 12.8. The zero-order chi connectivity index (χ0) is 12.1. The molecule has 2 unspecified atom stereocenters. The first-order valence-electron chi connectivity index (χ1n) is 6.89. The number of nitrogens with one attached hydrogen (secondary N) is 1. The van der Waals surface area contributed by atoms with E-state index in [1.165, 1.54) is 32.1 Å². The molecule has 2 aliphatic rings. The van der Waals surface area contributed by atoms with Crippen LogP contribution in [0.4, 0.5) is 0 Å². The summed E-state index contributed by atoms with van der Waals surface area (Å²) in [6, 6.07) is 0.105. The topological polar surface area (TPSA) is 64.3 Å². The molecule has 2 rings (SSSR count). The first-order chi connectivity index (χ1) is 8.25. The lowest BCUT2D eigenvalue weighted by Gasteiger charge is -2.21. The quantitative estimate of drug-likeness (QED) is 0.709. The molecule has 0 radical (unpaired) electrons. The van der Waals surface area contributed by atoms with Crippen molar-refractivity contribution < 1.29 is 9.53 Å². The van der Waals surface area contributed by atoms with Crippen molar-refractivity contribution in [3.63, 3.8) is 0 Å². The number of rotatable bonds is 5. The van der Waals surface area contributed by atoms with E-state index in [0.717, 1.165) is 25.3 Å². The molecular formula is C13H24N2O2. The molecule has 2 saturated carbocycles. The fourth-order valence-electron chi connectivity index (χ4n) is 2.32. The van der Waals surface area contributed by atoms with Crippen molar-refractivity contribution in [1.82, 2.24) is 5.32 Å². The van der Waals surface area contributed by atoms with E-state index in [4.69, 9.17) is 10.5 Å². The zero-order valence-corrected chi connectivity index (χ0v) is 10.5. The van der Waals surface area contributed by atoms with Gasteiger partial charge in [-0.1, -0.05) is 19.3 Å². The Morgan fingerprint density at radius 2 is 1.94 bits per heavy atom. The monoisotopic (exact) mass is 240 g/mol. The second-order valence-electron chi connectivity index (χ2n) is 5.40. The number of nitrogens with two attached hydrogens (primary N) is 1. The average molecular weight is 240 g/mol. The molecule has 0 aromatic rings. The molecule has 4 nitrogen and oxygen atoms in total. The van der Waals surface area contributed by atoms with Gasteiger partial charge in [-0.15, -0.1) is 0 Å². The van der Waals surface area contributed by atoms with Gasteiger partial charge in [0.1, 0.15) is 6.61 Å². The van der Waals surface area contributed by atoms with E-state index >= 15 is 0 Å². The molecule has 1 amide bonds. The summed E-state index contributed by atoms with van der Waals surface area (Å²) in [5.74, 6) is 0.729. The second kappa shape index (κ2) is 6.36. The lowest BCUT2D eigenvalue weighted by molar-refractivity contribution is -0.128. The van der Waals surface area contributed by atoms with Gasteiger partial charge in [-0.25, -0.2) is 0 Å². The van der Waals surface area contributed by atoms with Crippen molar-refractivity contribution in [2.45, 2.75) is 57.1 Å². The Morgan fingerprint density at radius 1 is 1.18 bits per heavy atom. The Bertz CT molecular complexity index is 254. The number of ether oxygens (including phenoxy) is 1. The number of carbonyl (C=O) groups is 1. The van der Waals surface area contributed by atoms with Gasteiger partial charge in [-0.2, -0.15) is 0 Å². The second-order valence-corrected chi connectivity index (χ2v) is 5.40. The maximum Gasteiger partial charge on any atom is 0.246 e. The minimum absolute atomic E-state index is 0.00773. The molecule has 0 heterocycles. The maximum atomic E-state index is 11.5. The van der Waals surface area contributed by atoms with Crippen LogP contribution in [-0.2, 0) is 9.53 Å². The van der Waals surface area contributed by atoms with Crippen LogP contribution in [0.15, 0.2) is 0 Å². The highest BCUT2D eigenvalue weighted by molar-refractivity contribution is 5.77. The van der Waals surface area contributed by atoms with Gasteiger partial charge in [0.2, 0.25) is 5.91 Å². The van der Waals surface area contributed by atoms with Gasteiger partial charge in [0.05, 0.1) is 6.10 Å². The van der Waals surface area contributed by atoms with Crippen molar-refractivity contribution in [1.29, 1.82) is 0 Å². The first-order valence-corrected chi connectivity index (χ1v) is 6.89. The highest BCUT2D eigenvalue weighted by Gasteiger charge is 2.23. The van der Waals surface area contributed by atoms with Crippen LogP contribution < -0.4 is 11.1 Å². The molecule has 2 aliphatic carbocycles. The highest BCUT2D eigenvalue weighted by atomic mass is 16.5. The Labute approximate surface area is 103 Å². The van der Waals surface area contributed by atoms with Crippen LogP contribution in [0.25, 0.3) is 0 Å². The molecule has 0 saturated heterocycles. The molecule has 0 aliphatic heterocycles. The highest BCUT2D eigenvalue weighted by Crippen LogP contribution is 2.27. The van der Waals surface area contributed by atoms with Gasteiger partial charge in [-0.3, -0.25) is 4.79 Å². The SMILES string of the molecule is NC1CCCCCC1OCC(=O)NCC1CC1. The van der Waals surface area contributed by atoms with E-state index in [9.17, 15) is 4.79 Å². The van der Waals surface area contributed by atoms with Crippen molar-refractivity contribution in [3.8, 4) is 0 Å². The summed E-state index contributed by atoms with van der Waals surface area (Å²) < 4.78 is 5.65. The third-order valence-electron chi connectivity index (χ3n) is 3.72. The summed E-state index contributed by atoms with van der Waals surface area (Å²) in [4.78, 5) is 11.5. The van der Waals surface area contributed by atoms with Gasteiger partial charge in [0, 0.05) is 12.6 Å². The lowest BCUT2D eigenvalue weighted by atomic mass is 10.1. The zero-order valence-electron chi connectivity index (χ0n) is 10.5. The molecule has 4 heteroatoms. The van der Waals surface area contributed by atoms with Gasteiger partial charge in [0.15, 0.2) is 0 Å². The number of carbonyl (C=O) groups excluding carboxylic acids is 1. The van der Waals surface area contributed by atoms with Gasteiger partial charge in [-0.05, 0) is 31.6 Å². The normalized spacial score (nSPS) is 29.7. The van der Waals surface area contributed by atoms with Gasteiger partial charge in [0.25, 0.3) is 0 Å². The molecule has 0 spiro atoms. The van der Waals surface area contributed by atoms with Crippen LogP contribution in [0.5, 0.6) is 0 Å². The van der Waals surface area contributed by atoms with Crippen molar-refractivity contribution >= 4 is 5.91 Å². The van der Waals surface area contributed by atoms with Gasteiger partial charge >= 0.3 is 0 Å². The molecule has 0 aromatic carbocycles. The lowest BCUT2D eigenvalue weighted by Crippen LogP contribution is -2.39. The molecular weight excluding hydrogens is 216 g/mol. The fraction of sp³-hybridized carbons (Fsp3) is 0.923. The van der Waals surface area contributed by atoms with Crippen LogP contribution in [-0.4, -0.2) is 31.2 Å². The number of hydrogen-bond donors (Lipinski definition) is 2. The predicted molar refractivity (Wildman–Crippen MR) is 66.5 cm³/mol. The van der Waals surface area contributed by atoms with E-state index < -0.39 is 0 Å². The van der Waals surface area contributed by atoms with Crippen LogP contribution in [0, 0.1) is 5.92 Å². The summed E-state index contributed by atoms with van der Waals surface area (Å²) in [5, 5.41) is 2.91. The van der Waals surface area contributed by atoms with Crippen LogP contribution in [0.3, 0.4) is 0 Å². The van der Waals surface area contributed by atoms with Crippen LogP contribution >= 0.6 is 0 Å². The summed E-state index contributed by atoms with van der Waals surface area (Å²) in [6.07, 6.45) is 8.21. The van der Waals surface area contributed by atoms with E-state index in [1.54, 1.807) is 0 Å². The minimum Gasteiger partial charge on any atom is -0.367 e. The van der Waals surface area contributed by atoms with Crippen molar-refractivity contribution in [2.75, 3.05) is 13.2 Å². The molecule has 17 heavy (non-hydrogen) atoms. The third-order valence-corrected chi connectivity index (χ3v) is 3.72. The Balaban J connectivity index is 1.62. The Morgan fingerprint density at radius 3 is 2.71 bits per heavy atom. The smallest absolute Gasteiger partial charge is 0.246 e. The summed E-state index contributed by atoms with van der Waals surface area (Å²) >= 11 is 0. The molecule has 2 fully saturated rings. The molecule has 0 bridgehead atoms. The van der Waals surface area contributed by atoms with E-state index in [2.05, 4.69) is 5.32 Å². The average Bonchev–Trinajstić information content (AvgIpc) is 3.12. The molecule has 0 aromatic heterocycles. The number of hydrogen-bond acceptors (Lipinski definition) is 3.